The lowest BCUT2D eigenvalue weighted by Gasteiger charge is -2.20. The average Bonchev–Trinajstić information content (AvgIpc) is 3.29. The van der Waals surface area contributed by atoms with Gasteiger partial charge in [0.15, 0.2) is 4.96 Å². The summed E-state index contributed by atoms with van der Waals surface area (Å²) in [5.41, 5.74) is 3.71. The summed E-state index contributed by atoms with van der Waals surface area (Å²) >= 11 is 1.43. The van der Waals surface area contributed by atoms with E-state index in [0.29, 0.717) is 6.54 Å². The second kappa shape index (κ2) is 7.48. The van der Waals surface area contributed by atoms with Gasteiger partial charge in [0.2, 0.25) is 0 Å². The van der Waals surface area contributed by atoms with Crippen LogP contribution in [0.15, 0.2) is 60.8 Å². The zero-order chi connectivity index (χ0) is 19.7. The summed E-state index contributed by atoms with van der Waals surface area (Å²) in [6.07, 6.45) is 1.98. The third-order valence-electron chi connectivity index (χ3n) is 4.77. The number of thiazole rings is 1. The first-order valence-corrected chi connectivity index (χ1v) is 9.94. The highest BCUT2D eigenvalue weighted by Crippen LogP contribution is 2.29. The van der Waals surface area contributed by atoms with Crippen molar-refractivity contribution < 1.29 is 9.53 Å². The second-order valence-electron chi connectivity index (χ2n) is 6.41. The molecule has 28 heavy (non-hydrogen) atoms. The molecule has 6 heteroatoms. The van der Waals surface area contributed by atoms with E-state index in [1.807, 2.05) is 79.0 Å². The second-order valence-corrected chi connectivity index (χ2v) is 7.39. The molecule has 0 aliphatic heterocycles. The molecule has 4 aromatic rings. The Balaban J connectivity index is 1.68. The number of hydrogen-bond donors (Lipinski definition) is 0. The van der Waals surface area contributed by atoms with Crippen LogP contribution in [0.3, 0.4) is 0 Å². The minimum Gasteiger partial charge on any atom is -0.497 e. The first-order chi connectivity index (χ1) is 13.6. The maximum Gasteiger partial charge on any atom is 0.270 e. The molecule has 4 rings (SSSR count). The van der Waals surface area contributed by atoms with Crippen LogP contribution in [0.4, 0.5) is 5.69 Å². The fourth-order valence-corrected chi connectivity index (χ4v) is 4.28. The Bertz CT molecular complexity index is 1110. The first kappa shape index (κ1) is 18.3. The predicted molar refractivity (Wildman–Crippen MR) is 114 cm³/mol. The van der Waals surface area contributed by atoms with Gasteiger partial charge in [-0.3, -0.25) is 9.20 Å². The van der Waals surface area contributed by atoms with Crippen LogP contribution >= 0.6 is 11.3 Å². The standard InChI is InChI=1S/C22H21N3O2S/c1-4-24(17-8-6-5-7-9-17)21(26)20-15(2)25-14-19(23-22(25)28-20)16-10-12-18(27-3)13-11-16/h5-14H,4H2,1-3H3. The lowest BCUT2D eigenvalue weighted by molar-refractivity contribution is 0.0991. The lowest BCUT2D eigenvalue weighted by Crippen LogP contribution is -2.30. The molecule has 0 atom stereocenters. The highest BCUT2D eigenvalue weighted by molar-refractivity contribution is 7.19. The highest BCUT2D eigenvalue weighted by Gasteiger charge is 2.23. The number of nitrogens with zero attached hydrogens (tertiary/aromatic N) is 3. The van der Waals surface area contributed by atoms with Crippen LogP contribution in [0.5, 0.6) is 5.75 Å². The Kier molecular flexibility index (Phi) is 4.88. The summed E-state index contributed by atoms with van der Waals surface area (Å²) in [6, 6.07) is 17.6. The van der Waals surface area contributed by atoms with Crippen molar-refractivity contribution in [2.75, 3.05) is 18.6 Å². The van der Waals surface area contributed by atoms with Crippen molar-refractivity contribution in [1.29, 1.82) is 0 Å². The Labute approximate surface area is 167 Å². The number of ether oxygens (including phenoxy) is 1. The number of rotatable bonds is 5. The monoisotopic (exact) mass is 391 g/mol. The molecule has 2 aromatic carbocycles. The molecule has 0 saturated heterocycles. The summed E-state index contributed by atoms with van der Waals surface area (Å²) in [6.45, 7) is 4.56. The molecule has 0 aliphatic carbocycles. The van der Waals surface area contributed by atoms with Crippen molar-refractivity contribution in [3.8, 4) is 17.0 Å². The first-order valence-electron chi connectivity index (χ1n) is 9.12. The van der Waals surface area contributed by atoms with Crippen LogP contribution in [-0.4, -0.2) is 28.9 Å². The lowest BCUT2D eigenvalue weighted by atomic mass is 10.2. The van der Waals surface area contributed by atoms with Gasteiger partial charge in [0.25, 0.3) is 5.91 Å². The number of aryl methyl sites for hydroxylation is 1. The Morgan fingerprint density at radius 1 is 1.14 bits per heavy atom. The van der Waals surface area contributed by atoms with Crippen LogP contribution in [0.2, 0.25) is 0 Å². The molecule has 0 bridgehead atoms. The summed E-state index contributed by atoms with van der Waals surface area (Å²) in [4.78, 5) is 21.2. The number of para-hydroxylation sites is 1. The van der Waals surface area contributed by atoms with E-state index in [2.05, 4.69) is 0 Å². The molecular weight excluding hydrogens is 370 g/mol. The van der Waals surface area contributed by atoms with Gasteiger partial charge in [-0.05, 0) is 50.2 Å². The van der Waals surface area contributed by atoms with Gasteiger partial charge in [0.1, 0.15) is 10.6 Å². The van der Waals surface area contributed by atoms with Crippen LogP contribution in [-0.2, 0) is 0 Å². The van der Waals surface area contributed by atoms with E-state index in [1.165, 1.54) is 11.3 Å². The van der Waals surface area contributed by atoms with Gasteiger partial charge in [-0.25, -0.2) is 4.98 Å². The van der Waals surface area contributed by atoms with E-state index in [0.717, 1.165) is 38.2 Å². The van der Waals surface area contributed by atoms with Crippen molar-refractivity contribution in [2.45, 2.75) is 13.8 Å². The van der Waals surface area contributed by atoms with Gasteiger partial charge in [0, 0.05) is 29.7 Å². The molecule has 5 nitrogen and oxygen atoms in total. The quantitative estimate of drug-likeness (QED) is 0.478. The predicted octanol–water partition coefficient (Wildman–Crippen LogP) is 5.05. The minimum absolute atomic E-state index is 0.00713. The molecule has 0 N–H and O–H groups in total. The van der Waals surface area contributed by atoms with Crippen LogP contribution in [0, 0.1) is 6.92 Å². The van der Waals surface area contributed by atoms with Crippen LogP contribution < -0.4 is 9.64 Å². The topological polar surface area (TPSA) is 46.8 Å². The third-order valence-corrected chi connectivity index (χ3v) is 5.91. The van der Waals surface area contributed by atoms with Gasteiger partial charge in [-0.1, -0.05) is 29.5 Å². The summed E-state index contributed by atoms with van der Waals surface area (Å²) < 4.78 is 7.21. The summed E-state index contributed by atoms with van der Waals surface area (Å²) in [5, 5.41) is 0. The number of hydrogen-bond acceptors (Lipinski definition) is 4. The molecule has 1 amide bonds. The number of benzene rings is 2. The Hall–Kier alpha value is -3.12. The molecule has 0 fully saturated rings. The number of aromatic nitrogens is 2. The van der Waals surface area contributed by atoms with E-state index >= 15 is 0 Å². The molecule has 2 heterocycles. The molecule has 0 aliphatic rings. The zero-order valence-corrected chi connectivity index (χ0v) is 16.9. The van der Waals surface area contributed by atoms with Crippen molar-refractivity contribution >= 4 is 27.9 Å². The molecular formula is C22H21N3O2S. The number of fused-ring (bicyclic) bond motifs is 1. The van der Waals surface area contributed by atoms with Crippen molar-refractivity contribution in [1.82, 2.24) is 9.38 Å². The fraction of sp³-hybridized carbons (Fsp3) is 0.182. The normalized spacial score (nSPS) is 11.0. The number of carbonyl (C=O) groups excluding carboxylic acids is 1. The number of anilines is 1. The van der Waals surface area contributed by atoms with E-state index in [-0.39, 0.29) is 5.91 Å². The SMILES string of the molecule is CCN(C(=O)c1sc2nc(-c3ccc(OC)cc3)cn2c1C)c1ccccc1. The van der Waals surface area contributed by atoms with E-state index < -0.39 is 0 Å². The highest BCUT2D eigenvalue weighted by atomic mass is 32.1. The molecule has 0 radical (unpaired) electrons. The van der Waals surface area contributed by atoms with Crippen molar-refractivity contribution in [2.24, 2.45) is 0 Å². The maximum absolute atomic E-state index is 13.2. The Morgan fingerprint density at radius 2 is 1.86 bits per heavy atom. The van der Waals surface area contributed by atoms with Gasteiger partial charge in [-0.2, -0.15) is 0 Å². The average molecular weight is 391 g/mol. The van der Waals surface area contributed by atoms with Crippen molar-refractivity contribution in [3.63, 3.8) is 0 Å². The summed E-state index contributed by atoms with van der Waals surface area (Å²) in [7, 11) is 1.65. The van der Waals surface area contributed by atoms with Gasteiger partial charge in [0.05, 0.1) is 12.8 Å². The number of methoxy groups -OCH3 is 1. The number of amides is 1. The molecule has 0 unspecified atom stereocenters. The molecule has 0 saturated carbocycles. The largest absolute Gasteiger partial charge is 0.497 e. The molecule has 142 valence electrons. The zero-order valence-electron chi connectivity index (χ0n) is 16.0. The van der Waals surface area contributed by atoms with E-state index in [1.54, 1.807) is 12.0 Å². The fourth-order valence-electron chi connectivity index (χ4n) is 3.22. The van der Waals surface area contributed by atoms with Crippen LogP contribution in [0.1, 0.15) is 22.3 Å². The maximum atomic E-state index is 13.2. The minimum atomic E-state index is 0.00713. The van der Waals surface area contributed by atoms with Crippen molar-refractivity contribution in [3.05, 3.63) is 71.4 Å². The smallest absolute Gasteiger partial charge is 0.270 e. The van der Waals surface area contributed by atoms with Gasteiger partial charge < -0.3 is 9.64 Å². The van der Waals surface area contributed by atoms with Gasteiger partial charge in [-0.15, -0.1) is 0 Å². The van der Waals surface area contributed by atoms with Gasteiger partial charge >= 0.3 is 0 Å². The molecule has 2 aromatic heterocycles. The third kappa shape index (κ3) is 3.16. The number of imidazole rings is 1. The molecule has 0 spiro atoms. The Morgan fingerprint density at radius 3 is 2.46 bits per heavy atom. The van der Waals surface area contributed by atoms with E-state index in [4.69, 9.17) is 9.72 Å². The van der Waals surface area contributed by atoms with Crippen LogP contribution in [0.25, 0.3) is 16.2 Å². The summed E-state index contributed by atoms with van der Waals surface area (Å²) in [5.74, 6) is 0.821. The number of carbonyl (C=O) groups is 1. The van der Waals surface area contributed by atoms with E-state index in [9.17, 15) is 4.79 Å².